The van der Waals surface area contributed by atoms with E-state index in [9.17, 15) is 24.3 Å². The molecule has 6 aromatic rings. The number of aryl methyl sites for hydroxylation is 4. The number of nitrogens with one attached hydrogen (secondary N) is 2. The van der Waals surface area contributed by atoms with Crippen molar-refractivity contribution < 1.29 is 38.5 Å². The van der Waals surface area contributed by atoms with Gasteiger partial charge in [-0.05, 0) is 99.0 Å². The van der Waals surface area contributed by atoms with Crippen LogP contribution >= 0.6 is 38.6 Å². The molecule has 0 spiro atoms. The average Bonchev–Trinajstić information content (AvgIpc) is 4.16. The quantitative estimate of drug-likeness (QED) is 0.0548. The third-order valence-corrected chi connectivity index (χ3v) is 16.1. The summed E-state index contributed by atoms with van der Waals surface area (Å²) in [4.78, 5) is 67.6. The molecule has 5 heterocycles. The van der Waals surface area contributed by atoms with Crippen molar-refractivity contribution in [2.24, 2.45) is 10.4 Å². The number of β-amino-alcohol motifs (C(OH)–C–C–N with tert-alkyl or cyclic N) is 1. The molecule has 8 rings (SSSR count). The van der Waals surface area contributed by atoms with Crippen LogP contribution in [0.2, 0.25) is 0 Å². The first kappa shape index (κ1) is 55.3. The number of ketones is 1. The standard InChI is InChI=1S/C56H65BrN8O8S2/c1-33-35(3)75-55-49(33)50(38-15-17-40(57)18-16-38)60-44(53-63-62-36(4)65(53)55)29-47(68)59-41-19-21-43(22-20-41)73-27-9-25-71-24-8-26-72-31-48(69)61-52(56(5,6)7)54(70)64-30-42(66)28-45(64)46(67)23-12-37-10-13-39(14-11-37)51-34(2)58-32-74-51/h10-11,13-22,32,42,44-45,52,66H,8-9,12,23-31H2,1-7H3,(H,59,68)(H,61,69)/t42-,44+,45+,52-/m1/s1. The van der Waals surface area contributed by atoms with Crippen LogP contribution in [0.4, 0.5) is 5.69 Å². The fourth-order valence-corrected chi connectivity index (χ4v) is 11.5. The number of aliphatic hydroxyl groups excluding tert-OH is 1. The van der Waals surface area contributed by atoms with Crippen LogP contribution in [0.5, 0.6) is 5.75 Å². The summed E-state index contributed by atoms with van der Waals surface area (Å²) in [5.41, 5.74) is 8.78. The Balaban J connectivity index is 0.723. The molecule has 396 valence electrons. The molecule has 0 saturated carbocycles. The molecule has 1 fully saturated rings. The predicted octanol–water partition coefficient (Wildman–Crippen LogP) is 9.26. The number of aliphatic hydroxyl groups is 1. The highest BCUT2D eigenvalue weighted by atomic mass is 79.9. The van der Waals surface area contributed by atoms with Crippen molar-refractivity contribution in [3.63, 3.8) is 0 Å². The Bertz CT molecular complexity index is 3000. The fourth-order valence-electron chi connectivity index (χ4n) is 9.25. The number of aromatic nitrogens is 4. The summed E-state index contributed by atoms with van der Waals surface area (Å²) in [5, 5.41) is 26.4. The van der Waals surface area contributed by atoms with Crippen LogP contribution in [-0.4, -0.2) is 117 Å². The maximum absolute atomic E-state index is 14.0. The lowest BCUT2D eigenvalue weighted by molar-refractivity contribution is -0.144. The Kier molecular flexibility index (Phi) is 18.3. The van der Waals surface area contributed by atoms with Gasteiger partial charge in [0.1, 0.15) is 35.3 Å². The number of thiophene rings is 1. The summed E-state index contributed by atoms with van der Waals surface area (Å²) in [6.07, 6.45) is 1.32. The van der Waals surface area contributed by atoms with Gasteiger partial charge in [-0.1, -0.05) is 73.1 Å². The van der Waals surface area contributed by atoms with Crippen LogP contribution < -0.4 is 15.4 Å². The van der Waals surface area contributed by atoms with Crippen LogP contribution in [0.15, 0.2) is 87.8 Å². The van der Waals surface area contributed by atoms with Gasteiger partial charge in [-0.3, -0.25) is 28.7 Å². The SMILES string of the molecule is Cc1ncsc1-c1ccc(CCC(=O)[C@@H]2C[C@@H](O)CN2C(=O)[C@@H](NC(=O)COCCCOCCCOc2ccc(NC(=O)C[C@@H]3N=C(c4ccc(Br)cc4)c4c(sc(C)c4C)-n4c(C)nnc43)cc2)C(C)(C)C)cc1. The minimum atomic E-state index is -0.934. The van der Waals surface area contributed by atoms with E-state index in [1.54, 1.807) is 34.8 Å². The molecule has 0 unspecified atom stereocenters. The molecular weight excluding hydrogens is 1060 g/mol. The van der Waals surface area contributed by atoms with Crippen molar-refractivity contribution >= 4 is 73.5 Å². The molecule has 19 heteroatoms. The predicted molar refractivity (Wildman–Crippen MR) is 295 cm³/mol. The van der Waals surface area contributed by atoms with E-state index < -0.39 is 41.5 Å². The molecule has 3 aromatic carbocycles. The minimum Gasteiger partial charge on any atom is -0.494 e. The first-order valence-corrected chi connectivity index (χ1v) is 27.8. The lowest BCUT2D eigenvalue weighted by Gasteiger charge is -2.35. The molecule has 0 aliphatic carbocycles. The summed E-state index contributed by atoms with van der Waals surface area (Å²) in [6.45, 7) is 15.0. The van der Waals surface area contributed by atoms with Gasteiger partial charge in [0.15, 0.2) is 11.6 Å². The number of halogens is 1. The molecule has 2 aliphatic rings. The van der Waals surface area contributed by atoms with Crippen molar-refractivity contribution in [3.8, 4) is 21.2 Å². The Morgan fingerprint density at radius 2 is 1.56 bits per heavy atom. The minimum absolute atomic E-state index is 0.0238. The fraction of sp³-hybridized carbons (Fsp3) is 0.429. The van der Waals surface area contributed by atoms with Gasteiger partial charge in [-0.15, -0.1) is 32.9 Å². The largest absolute Gasteiger partial charge is 0.494 e. The number of thiazole rings is 1. The van der Waals surface area contributed by atoms with Gasteiger partial charge < -0.3 is 34.9 Å². The van der Waals surface area contributed by atoms with Crippen LogP contribution in [0, 0.1) is 33.1 Å². The molecule has 4 atom stereocenters. The van der Waals surface area contributed by atoms with E-state index in [0.29, 0.717) is 56.3 Å². The summed E-state index contributed by atoms with van der Waals surface area (Å²) in [7, 11) is 0. The van der Waals surface area contributed by atoms with E-state index in [0.717, 1.165) is 59.4 Å². The number of hydrogen-bond donors (Lipinski definition) is 3. The number of Topliss-reactive ketones (excluding diaryl/α,β-unsaturated/α-hetero) is 1. The number of benzene rings is 3. The highest BCUT2D eigenvalue weighted by Gasteiger charge is 2.44. The normalized spacial score (nSPS) is 16.7. The zero-order chi connectivity index (χ0) is 53.4. The third-order valence-electron chi connectivity index (χ3n) is 13.4. The summed E-state index contributed by atoms with van der Waals surface area (Å²) >= 11 is 6.81. The summed E-state index contributed by atoms with van der Waals surface area (Å²) < 4.78 is 20.3. The average molecular weight is 1120 g/mol. The monoisotopic (exact) mass is 1120 g/mol. The smallest absolute Gasteiger partial charge is 0.246 e. The van der Waals surface area contributed by atoms with Gasteiger partial charge in [-0.2, -0.15) is 0 Å². The molecule has 0 radical (unpaired) electrons. The van der Waals surface area contributed by atoms with Crippen molar-refractivity contribution in [2.75, 3.05) is 44.9 Å². The first-order chi connectivity index (χ1) is 35.9. The van der Waals surface area contributed by atoms with Gasteiger partial charge in [0, 0.05) is 71.8 Å². The lowest BCUT2D eigenvalue weighted by atomic mass is 9.85. The number of ether oxygens (including phenoxy) is 3. The molecule has 3 amide bonds. The van der Waals surface area contributed by atoms with Crippen LogP contribution in [0.1, 0.15) is 103 Å². The van der Waals surface area contributed by atoms with E-state index in [-0.39, 0.29) is 50.7 Å². The van der Waals surface area contributed by atoms with Gasteiger partial charge in [-0.25, -0.2) is 4.98 Å². The highest BCUT2D eigenvalue weighted by Crippen LogP contribution is 2.40. The Morgan fingerprint density at radius 1 is 0.867 bits per heavy atom. The molecular formula is C56H65BrN8O8S2. The lowest BCUT2D eigenvalue weighted by Crippen LogP contribution is -2.57. The number of aliphatic imine (C=N–C) groups is 1. The Hall–Kier alpha value is -5.96. The maximum atomic E-state index is 14.0. The van der Waals surface area contributed by atoms with Gasteiger partial charge in [0.25, 0.3) is 0 Å². The molecule has 0 bridgehead atoms. The highest BCUT2D eigenvalue weighted by molar-refractivity contribution is 9.10. The molecule has 75 heavy (non-hydrogen) atoms. The van der Waals surface area contributed by atoms with Crippen LogP contribution in [0.25, 0.3) is 15.4 Å². The molecule has 3 aromatic heterocycles. The molecule has 2 aliphatic heterocycles. The Morgan fingerprint density at radius 3 is 2.25 bits per heavy atom. The second kappa shape index (κ2) is 24.8. The summed E-state index contributed by atoms with van der Waals surface area (Å²) in [5.74, 6) is 0.841. The van der Waals surface area contributed by atoms with E-state index in [1.165, 1.54) is 9.78 Å². The number of carbonyl (C=O) groups is 4. The second-order valence-electron chi connectivity index (χ2n) is 20.1. The zero-order valence-electron chi connectivity index (χ0n) is 43.5. The maximum Gasteiger partial charge on any atom is 0.246 e. The zero-order valence-corrected chi connectivity index (χ0v) is 46.7. The number of rotatable bonds is 22. The number of anilines is 1. The number of likely N-dealkylation sites (tertiary alicyclic amines) is 1. The van der Waals surface area contributed by atoms with E-state index >= 15 is 0 Å². The van der Waals surface area contributed by atoms with Crippen molar-refractivity contribution in [3.05, 3.63) is 127 Å². The number of amides is 3. The number of fused-ring (bicyclic) bond motifs is 3. The molecule has 3 N–H and O–H groups in total. The van der Waals surface area contributed by atoms with Gasteiger partial charge >= 0.3 is 0 Å². The number of carbonyl (C=O) groups excluding carboxylic acids is 4. The summed E-state index contributed by atoms with van der Waals surface area (Å²) in [6, 6.07) is 21.1. The van der Waals surface area contributed by atoms with Crippen molar-refractivity contribution in [1.29, 1.82) is 0 Å². The third kappa shape index (κ3) is 13.7. The van der Waals surface area contributed by atoms with E-state index in [1.807, 2.05) is 105 Å². The first-order valence-electron chi connectivity index (χ1n) is 25.3. The molecule has 16 nitrogen and oxygen atoms in total. The number of nitrogens with zero attached hydrogens (tertiary/aromatic N) is 6. The van der Waals surface area contributed by atoms with Gasteiger partial charge in [0.2, 0.25) is 17.7 Å². The second-order valence-corrected chi connectivity index (χ2v) is 23.1. The van der Waals surface area contributed by atoms with Crippen molar-refractivity contribution in [1.82, 2.24) is 30.0 Å². The van der Waals surface area contributed by atoms with E-state index in [4.69, 9.17) is 19.2 Å². The number of hydrogen-bond acceptors (Lipinski definition) is 14. The van der Waals surface area contributed by atoms with Crippen LogP contribution in [0.3, 0.4) is 0 Å². The topological polar surface area (TPSA) is 199 Å². The van der Waals surface area contributed by atoms with E-state index in [2.05, 4.69) is 55.6 Å². The molecule has 1 saturated heterocycles. The van der Waals surface area contributed by atoms with Crippen molar-refractivity contribution in [2.45, 2.75) is 111 Å². The van der Waals surface area contributed by atoms with Gasteiger partial charge in [0.05, 0.1) is 47.0 Å². The Labute approximate surface area is 454 Å². The van der Waals surface area contributed by atoms with Crippen LogP contribution in [-0.2, 0) is 35.1 Å².